The summed E-state index contributed by atoms with van der Waals surface area (Å²) in [7, 11) is 3.90. The van der Waals surface area contributed by atoms with Crippen LogP contribution in [0.15, 0.2) is 48.5 Å². The van der Waals surface area contributed by atoms with E-state index in [1.54, 1.807) is 42.7 Å². The van der Waals surface area contributed by atoms with Crippen LogP contribution in [-0.4, -0.2) is 60.3 Å². The van der Waals surface area contributed by atoms with E-state index in [9.17, 15) is 0 Å². The summed E-state index contributed by atoms with van der Waals surface area (Å²) in [6.07, 6.45) is 0. The van der Waals surface area contributed by atoms with Gasteiger partial charge < -0.3 is 26.6 Å². The molecule has 0 spiro atoms. The van der Waals surface area contributed by atoms with Crippen LogP contribution in [0.5, 0.6) is 0 Å². The van der Waals surface area contributed by atoms with Gasteiger partial charge in [0.2, 0.25) is 0 Å². The Labute approximate surface area is 178 Å². The van der Waals surface area contributed by atoms with Gasteiger partial charge in [-0.15, -0.1) is 0 Å². The molecule has 0 unspecified atom stereocenters. The zero-order valence-electron chi connectivity index (χ0n) is 18.1. The van der Waals surface area contributed by atoms with Gasteiger partial charge in [0.15, 0.2) is 0 Å². The maximum atomic E-state index is 5.70. The third-order valence-electron chi connectivity index (χ3n) is 5.85. The van der Waals surface area contributed by atoms with Crippen LogP contribution in [0, 0.1) is 0 Å². The molecule has 0 aliphatic heterocycles. The van der Waals surface area contributed by atoms with Crippen molar-refractivity contribution in [1.82, 2.24) is 0 Å². The van der Waals surface area contributed by atoms with Crippen molar-refractivity contribution in [2.75, 3.05) is 42.7 Å². The van der Waals surface area contributed by atoms with Crippen LogP contribution in [0.4, 0.5) is 0 Å². The highest BCUT2D eigenvalue weighted by molar-refractivity contribution is 6.76. The fourth-order valence-corrected chi connectivity index (χ4v) is 8.14. The summed E-state index contributed by atoms with van der Waals surface area (Å²) in [5.74, 6) is 0. The molecular formula is C22H26O6Si2. The summed E-state index contributed by atoms with van der Waals surface area (Å²) in [6, 6.07) is 16.9. The van der Waals surface area contributed by atoms with Crippen LogP contribution in [0.1, 0.15) is 0 Å². The lowest BCUT2D eigenvalue weighted by Crippen LogP contribution is -2.54. The molecule has 0 amide bonds. The van der Waals surface area contributed by atoms with Gasteiger partial charge in [0.05, 0.1) is 0 Å². The molecule has 4 rings (SSSR count). The summed E-state index contributed by atoms with van der Waals surface area (Å²) in [4.78, 5) is 0. The van der Waals surface area contributed by atoms with Gasteiger partial charge in [-0.25, -0.2) is 0 Å². The number of rotatable bonds is 8. The van der Waals surface area contributed by atoms with Crippen molar-refractivity contribution in [3.63, 3.8) is 0 Å². The summed E-state index contributed by atoms with van der Waals surface area (Å²) in [5, 5.41) is 8.74. The lowest BCUT2D eigenvalue weighted by Gasteiger charge is -2.26. The highest BCUT2D eigenvalue weighted by Gasteiger charge is 2.42. The van der Waals surface area contributed by atoms with Gasteiger partial charge in [-0.3, -0.25) is 0 Å². The first-order chi connectivity index (χ1) is 14.5. The standard InChI is InChI=1S/C22H26O6Si2/c1-23-29(24-2,25-3)19-11-15-7-9-17-13-20(30(26-4,27-5)28-6)14-18-10-8-16(12-19)21(15)22(17)18/h7-14H,1-6H3. The van der Waals surface area contributed by atoms with Crippen LogP contribution in [0.2, 0.25) is 0 Å². The van der Waals surface area contributed by atoms with Crippen molar-refractivity contribution in [2.24, 2.45) is 0 Å². The van der Waals surface area contributed by atoms with E-state index in [1.165, 1.54) is 10.8 Å². The molecule has 0 heterocycles. The molecule has 0 aliphatic rings. The summed E-state index contributed by atoms with van der Waals surface area (Å²) >= 11 is 0. The fourth-order valence-electron chi connectivity index (χ4n) is 4.40. The van der Waals surface area contributed by atoms with Gasteiger partial charge in [0.1, 0.15) is 0 Å². The summed E-state index contributed by atoms with van der Waals surface area (Å²) in [5.41, 5.74) is 0. The molecule has 8 heteroatoms. The highest BCUT2D eigenvalue weighted by Crippen LogP contribution is 2.34. The number of hydrogen-bond donors (Lipinski definition) is 0. The molecule has 6 nitrogen and oxygen atoms in total. The average Bonchev–Trinajstić information content (AvgIpc) is 2.80. The molecule has 0 saturated heterocycles. The predicted molar refractivity (Wildman–Crippen MR) is 123 cm³/mol. The number of benzene rings is 4. The third kappa shape index (κ3) is 3.00. The maximum absolute atomic E-state index is 5.70. The van der Waals surface area contributed by atoms with Crippen molar-refractivity contribution >= 4 is 60.3 Å². The van der Waals surface area contributed by atoms with Gasteiger partial charge in [-0.1, -0.05) is 24.3 Å². The molecule has 158 valence electrons. The Kier molecular flexibility index (Phi) is 5.68. The third-order valence-corrected chi connectivity index (χ3v) is 11.1. The molecule has 0 aliphatic carbocycles. The van der Waals surface area contributed by atoms with Gasteiger partial charge in [-0.05, 0) is 56.6 Å². The second-order valence-corrected chi connectivity index (χ2v) is 12.9. The van der Waals surface area contributed by atoms with E-state index in [2.05, 4.69) is 48.5 Å². The van der Waals surface area contributed by atoms with Crippen molar-refractivity contribution in [2.45, 2.75) is 0 Å². The van der Waals surface area contributed by atoms with Gasteiger partial charge in [-0.2, -0.15) is 0 Å². The molecule has 0 bridgehead atoms. The van der Waals surface area contributed by atoms with Gasteiger partial charge >= 0.3 is 17.6 Å². The Hall–Kier alpha value is -1.89. The monoisotopic (exact) mass is 442 g/mol. The molecule has 0 radical (unpaired) electrons. The van der Waals surface area contributed by atoms with Crippen LogP contribution in [-0.2, 0) is 26.6 Å². The Balaban J connectivity index is 2.01. The molecule has 0 saturated carbocycles. The minimum Gasteiger partial charge on any atom is -0.373 e. The van der Waals surface area contributed by atoms with Crippen LogP contribution in [0.25, 0.3) is 32.3 Å². The van der Waals surface area contributed by atoms with Crippen LogP contribution >= 0.6 is 0 Å². The van der Waals surface area contributed by atoms with E-state index < -0.39 is 17.6 Å². The zero-order valence-corrected chi connectivity index (χ0v) is 20.1. The van der Waals surface area contributed by atoms with Crippen LogP contribution < -0.4 is 10.4 Å². The highest BCUT2D eigenvalue weighted by atomic mass is 28.4. The van der Waals surface area contributed by atoms with E-state index >= 15 is 0 Å². The van der Waals surface area contributed by atoms with Crippen molar-refractivity contribution in [3.8, 4) is 0 Å². The molecule has 0 atom stereocenters. The maximum Gasteiger partial charge on any atom is 0.536 e. The van der Waals surface area contributed by atoms with Crippen molar-refractivity contribution < 1.29 is 26.6 Å². The SMILES string of the molecule is CO[Si](OC)(OC)c1cc2ccc3cc([Si](OC)(OC)OC)cc4ccc(c1)c2c34. The molecule has 0 N–H and O–H groups in total. The first-order valence-corrected chi connectivity index (χ1v) is 13.0. The topological polar surface area (TPSA) is 55.4 Å². The van der Waals surface area contributed by atoms with Gasteiger partial charge in [0.25, 0.3) is 0 Å². The van der Waals surface area contributed by atoms with Crippen LogP contribution in [0.3, 0.4) is 0 Å². The molecule has 4 aromatic carbocycles. The van der Waals surface area contributed by atoms with E-state index in [1.807, 2.05) is 0 Å². The van der Waals surface area contributed by atoms with Gasteiger partial charge in [0, 0.05) is 53.0 Å². The molecule has 0 aromatic heterocycles. The summed E-state index contributed by atoms with van der Waals surface area (Å²) in [6.45, 7) is 0. The van der Waals surface area contributed by atoms with E-state index in [0.717, 1.165) is 31.9 Å². The predicted octanol–water partition coefficient (Wildman–Crippen LogP) is 2.75. The average molecular weight is 443 g/mol. The first-order valence-electron chi connectivity index (χ1n) is 9.56. The lowest BCUT2D eigenvalue weighted by molar-refractivity contribution is 0.140. The van der Waals surface area contributed by atoms with Crippen molar-refractivity contribution in [3.05, 3.63) is 48.5 Å². The smallest absolute Gasteiger partial charge is 0.373 e. The minimum atomic E-state index is -2.93. The second-order valence-electron chi connectivity index (χ2n) is 7.06. The van der Waals surface area contributed by atoms with E-state index in [0.29, 0.717) is 0 Å². The normalized spacial score (nSPS) is 13.1. The lowest BCUT2D eigenvalue weighted by atomic mass is 9.94. The molecular weight excluding hydrogens is 416 g/mol. The Morgan fingerprint density at radius 1 is 0.433 bits per heavy atom. The Morgan fingerprint density at radius 3 is 0.867 bits per heavy atom. The molecule has 30 heavy (non-hydrogen) atoms. The molecule has 0 fully saturated rings. The quantitative estimate of drug-likeness (QED) is 0.309. The first kappa shape index (κ1) is 21.3. The van der Waals surface area contributed by atoms with E-state index in [-0.39, 0.29) is 0 Å². The van der Waals surface area contributed by atoms with Crippen molar-refractivity contribution in [1.29, 1.82) is 0 Å². The second kappa shape index (κ2) is 7.99. The Morgan fingerprint density at radius 2 is 0.667 bits per heavy atom. The zero-order chi connectivity index (χ0) is 21.5. The Bertz CT molecular complexity index is 1010. The van der Waals surface area contributed by atoms with E-state index in [4.69, 9.17) is 26.6 Å². The summed E-state index contributed by atoms with van der Waals surface area (Å²) < 4.78 is 34.2. The minimum absolute atomic E-state index is 0.936. The number of hydrogen-bond acceptors (Lipinski definition) is 6. The largest absolute Gasteiger partial charge is 0.536 e. The fraction of sp³-hybridized carbons (Fsp3) is 0.273. The molecule has 4 aromatic rings.